The standard InChI is InChI=1S/C26H26O6/c1-19(2)18-31-25(27)20-9-8-12-22(17-20)32-26(28)23-13-6-7-14-24(23)30-16-15-29-21-10-4-3-5-11-21/h3-14,17,19H,15-16,18H2,1-2H3. The molecule has 0 bridgehead atoms. The molecule has 0 radical (unpaired) electrons. The highest BCUT2D eigenvalue weighted by Gasteiger charge is 2.16. The van der Waals surface area contributed by atoms with E-state index in [2.05, 4.69) is 0 Å². The summed E-state index contributed by atoms with van der Waals surface area (Å²) in [5.41, 5.74) is 0.596. The summed E-state index contributed by atoms with van der Waals surface area (Å²) >= 11 is 0. The number of benzene rings is 3. The lowest BCUT2D eigenvalue weighted by Gasteiger charge is -2.12. The van der Waals surface area contributed by atoms with Gasteiger partial charge in [0.2, 0.25) is 0 Å². The summed E-state index contributed by atoms with van der Waals surface area (Å²) in [4.78, 5) is 24.9. The SMILES string of the molecule is CC(C)COC(=O)c1cccc(OC(=O)c2ccccc2OCCOc2ccccc2)c1. The largest absolute Gasteiger partial charge is 0.490 e. The fourth-order valence-corrected chi connectivity index (χ4v) is 2.76. The summed E-state index contributed by atoms with van der Waals surface area (Å²) in [7, 11) is 0. The first kappa shape index (κ1) is 22.9. The van der Waals surface area contributed by atoms with E-state index in [9.17, 15) is 9.59 Å². The highest BCUT2D eigenvalue weighted by molar-refractivity contribution is 5.94. The van der Waals surface area contributed by atoms with Crippen molar-refractivity contribution in [2.45, 2.75) is 13.8 Å². The number of hydrogen-bond acceptors (Lipinski definition) is 6. The lowest BCUT2D eigenvalue weighted by Crippen LogP contribution is -2.14. The van der Waals surface area contributed by atoms with Crippen molar-refractivity contribution in [1.29, 1.82) is 0 Å². The van der Waals surface area contributed by atoms with Crippen LogP contribution in [0, 0.1) is 5.92 Å². The molecule has 0 aliphatic carbocycles. The third-order valence-electron chi connectivity index (χ3n) is 4.29. The van der Waals surface area contributed by atoms with E-state index in [4.69, 9.17) is 18.9 Å². The van der Waals surface area contributed by atoms with Gasteiger partial charge in [-0.05, 0) is 48.4 Å². The molecule has 0 amide bonds. The average Bonchev–Trinajstić information content (AvgIpc) is 2.81. The van der Waals surface area contributed by atoms with Gasteiger partial charge in [-0.3, -0.25) is 0 Å². The molecule has 0 N–H and O–H groups in total. The lowest BCUT2D eigenvalue weighted by molar-refractivity contribution is 0.0457. The molecule has 0 saturated carbocycles. The van der Waals surface area contributed by atoms with Crippen molar-refractivity contribution in [1.82, 2.24) is 0 Å². The molecule has 32 heavy (non-hydrogen) atoms. The van der Waals surface area contributed by atoms with E-state index >= 15 is 0 Å². The molecule has 0 fully saturated rings. The molecular formula is C26H26O6. The Morgan fingerprint density at radius 2 is 1.44 bits per heavy atom. The van der Waals surface area contributed by atoms with E-state index in [1.807, 2.05) is 44.2 Å². The Bertz CT molecular complexity index is 1030. The second kappa shape index (κ2) is 11.6. The van der Waals surface area contributed by atoms with Crippen LogP contribution in [0.4, 0.5) is 0 Å². The van der Waals surface area contributed by atoms with Gasteiger partial charge in [0.25, 0.3) is 0 Å². The molecule has 0 aliphatic heterocycles. The normalized spacial score (nSPS) is 10.5. The van der Waals surface area contributed by atoms with Crippen LogP contribution in [0.2, 0.25) is 0 Å². The van der Waals surface area contributed by atoms with Gasteiger partial charge in [-0.2, -0.15) is 0 Å². The van der Waals surface area contributed by atoms with E-state index in [1.54, 1.807) is 42.5 Å². The van der Waals surface area contributed by atoms with Gasteiger partial charge in [0.1, 0.15) is 36.0 Å². The zero-order valence-corrected chi connectivity index (χ0v) is 18.2. The van der Waals surface area contributed by atoms with E-state index in [0.29, 0.717) is 24.5 Å². The third kappa shape index (κ3) is 6.87. The average molecular weight is 434 g/mol. The topological polar surface area (TPSA) is 71.1 Å². The molecule has 3 rings (SSSR count). The van der Waals surface area contributed by atoms with Crippen molar-refractivity contribution < 1.29 is 28.5 Å². The van der Waals surface area contributed by atoms with Crippen LogP contribution in [0.1, 0.15) is 34.6 Å². The predicted molar refractivity (Wildman–Crippen MR) is 120 cm³/mol. The fraction of sp³-hybridized carbons (Fsp3) is 0.231. The smallest absolute Gasteiger partial charge is 0.347 e. The third-order valence-corrected chi connectivity index (χ3v) is 4.29. The number of esters is 2. The molecular weight excluding hydrogens is 408 g/mol. The second-order valence-electron chi connectivity index (χ2n) is 7.42. The van der Waals surface area contributed by atoms with Gasteiger partial charge >= 0.3 is 11.9 Å². The highest BCUT2D eigenvalue weighted by atomic mass is 16.5. The minimum Gasteiger partial charge on any atom is -0.490 e. The van der Waals surface area contributed by atoms with E-state index in [-0.39, 0.29) is 23.8 Å². The number of hydrogen-bond donors (Lipinski definition) is 0. The Morgan fingerprint density at radius 3 is 2.22 bits per heavy atom. The number of rotatable bonds is 10. The fourth-order valence-electron chi connectivity index (χ4n) is 2.76. The number of ether oxygens (including phenoxy) is 4. The Hall–Kier alpha value is -3.80. The highest BCUT2D eigenvalue weighted by Crippen LogP contribution is 2.22. The van der Waals surface area contributed by atoms with Crippen molar-refractivity contribution in [2.24, 2.45) is 5.92 Å². The summed E-state index contributed by atoms with van der Waals surface area (Å²) in [6.45, 7) is 4.82. The summed E-state index contributed by atoms with van der Waals surface area (Å²) < 4.78 is 22.0. The van der Waals surface area contributed by atoms with Gasteiger partial charge < -0.3 is 18.9 Å². The van der Waals surface area contributed by atoms with Crippen molar-refractivity contribution in [3.8, 4) is 17.2 Å². The van der Waals surface area contributed by atoms with Crippen LogP contribution in [0.15, 0.2) is 78.9 Å². The maximum atomic E-state index is 12.7. The van der Waals surface area contributed by atoms with Gasteiger partial charge in [0, 0.05) is 0 Å². The van der Waals surface area contributed by atoms with Gasteiger partial charge in [-0.1, -0.05) is 50.2 Å². The zero-order valence-electron chi connectivity index (χ0n) is 18.2. The molecule has 0 saturated heterocycles. The van der Waals surface area contributed by atoms with E-state index in [1.165, 1.54) is 6.07 Å². The first-order valence-corrected chi connectivity index (χ1v) is 10.4. The quantitative estimate of drug-likeness (QED) is 0.249. The van der Waals surface area contributed by atoms with Gasteiger partial charge in [-0.15, -0.1) is 0 Å². The molecule has 0 aliphatic rings. The molecule has 3 aromatic rings. The Labute approximate surface area is 187 Å². The van der Waals surface area contributed by atoms with Crippen LogP contribution < -0.4 is 14.2 Å². The molecule has 0 unspecified atom stereocenters. The molecule has 6 heteroatoms. The molecule has 6 nitrogen and oxygen atoms in total. The van der Waals surface area contributed by atoms with E-state index < -0.39 is 11.9 Å². The first-order valence-electron chi connectivity index (χ1n) is 10.4. The van der Waals surface area contributed by atoms with Crippen LogP contribution in [-0.2, 0) is 4.74 Å². The summed E-state index contributed by atoms with van der Waals surface area (Å²) in [5.74, 6) is 0.569. The summed E-state index contributed by atoms with van der Waals surface area (Å²) in [6.07, 6.45) is 0. The number of carbonyl (C=O) groups excluding carboxylic acids is 2. The molecule has 0 aromatic heterocycles. The van der Waals surface area contributed by atoms with Crippen molar-refractivity contribution >= 4 is 11.9 Å². The molecule has 166 valence electrons. The van der Waals surface area contributed by atoms with Crippen LogP contribution in [-0.4, -0.2) is 31.8 Å². The maximum Gasteiger partial charge on any atom is 0.347 e. The second-order valence-corrected chi connectivity index (χ2v) is 7.42. The molecule has 0 spiro atoms. The van der Waals surface area contributed by atoms with Crippen LogP contribution in [0.3, 0.4) is 0 Å². The molecule has 0 atom stereocenters. The van der Waals surface area contributed by atoms with Gasteiger partial charge in [0.05, 0.1) is 12.2 Å². The van der Waals surface area contributed by atoms with Crippen molar-refractivity contribution in [3.05, 3.63) is 90.0 Å². The monoisotopic (exact) mass is 434 g/mol. The lowest BCUT2D eigenvalue weighted by atomic mass is 10.2. The van der Waals surface area contributed by atoms with E-state index in [0.717, 1.165) is 5.75 Å². The van der Waals surface area contributed by atoms with Crippen molar-refractivity contribution in [3.63, 3.8) is 0 Å². The zero-order chi connectivity index (χ0) is 22.8. The van der Waals surface area contributed by atoms with Crippen LogP contribution in [0.25, 0.3) is 0 Å². The minimum atomic E-state index is -0.586. The van der Waals surface area contributed by atoms with Gasteiger partial charge in [0.15, 0.2) is 0 Å². The van der Waals surface area contributed by atoms with Crippen molar-refractivity contribution in [2.75, 3.05) is 19.8 Å². The maximum absolute atomic E-state index is 12.7. The Balaban J connectivity index is 1.59. The predicted octanol–water partition coefficient (Wildman–Crippen LogP) is 5.18. The van der Waals surface area contributed by atoms with Gasteiger partial charge in [-0.25, -0.2) is 9.59 Å². The first-order chi connectivity index (χ1) is 15.5. The number of para-hydroxylation sites is 2. The Morgan fingerprint density at radius 1 is 0.750 bits per heavy atom. The minimum absolute atomic E-state index is 0.231. The number of carbonyl (C=O) groups is 2. The summed E-state index contributed by atoms with van der Waals surface area (Å²) in [6, 6.07) is 22.6. The Kier molecular flexibility index (Phi) is 8.26. The van der Waals surface area contributed by atoms with Crippen LogP contribution >= 0.6 is 0 Å². The summed E-state index contributed by atoms with van der Waals surface area (Å²) in [5, 5.41) is 0. The molecule has 0 heterocycles. The molecule has 3 aromatic carbocycles. The van der Waals surface area contributed by atoms with Crippen LogP contribution in [0.5, 0.6) is 17.2 Å².